The van der Waals surface area contributed by atoms with Crippen LogP contribution in [0.5, 0.6) is 0 Å². The maximum atomic E-state index is 12.4. The van der Waals surface area contributed by atoms with Crippen LogP contribution in [0.25, 0.3) is 0 Å². The van der Waals surface area contributed by atoms with Gasteiger partial charge in [-0.2, -0.15) is 12.7 Å². The third-order valence-corrected chi connectivity index (χ3v) is 5.31. The molecule has 22 heavy (non-hydrogen) atoms. The van der Waals surface area contributed by atoms with E-state index < -0.39 is 16.2 Å². The number of nitrogens with one attached hydrogen (secondary N) is 1. The van der Waals surface area contributed by atoms with Gasteiger partial charge in [0.2, 0.25) is 0 Å². The Hall–Kier alpha value is -1.90. The Bertz CT molecular complexity index is 722. The highest BCUT2D eigenvalue weighted by Gasteiger charge is 2.34. The van der Waals surface area contributed by atoms with Crippen LogP contribution in [-0.4, -0.2) is 61.9 Å². The molecular formula is C14H17N3O4S. The maximum Gasteiger partial charge on any atom is 0.335 e. The SMILES string of the molecule is CN1CC2=C(C1)CN(S(=O)(=O)Nc1ccc(C(=O)O)cc1)C2. The van der Waals surface area contributed by atoms with Crippen molar-refractivity contribution in [3.63, 3.8) is 0 Å². The summed E-state index contributed by atoms with van der Waals surface area (Å²) >= 11 is 0. The number of anilines is 1. The van der Waals surface area contributed by atoms with Gasteiger partial charge in [0.15, 0.2) is 0 Å². The van der Waals surface area contributed by atoms with Crippen molar-refractivity contribution in [2.45, 2.75) is 0 Å². The Labute approximate surface area is 129 Å². The molecule has 0 aliphatic carbocycles. The summed E-state index contributed by atoms with van der Waals surface area (Å²) in [6.45, 7) is 2.47. The van der Waals surface area contributed by atoms with Crippen LogP contribution in [0.15, 0.2) is 35.4 Å². The molecule has 118 valence electrons. The fourth-order valence-electron chi connectivity index (χ4n) is 2.80. The molecule has 2 heterocycles. The lowest BCUT2D eigenvalue weighted by Crippen LogP contribution is -2.37. The number of hydrogen-bond donors (Lipinski definition) is 2. The lowest BCUT2D eigenvalue weighted by Gasteiger charge is -2.21. The Balaban J connectivity index is 1.69. The Morgan fingerprint density at radius 3 is 2.14 bits per heavy atom. The highest BCUT2D eigenvalue weighted by molar-refractivity contribution is 7.90. The molecule has 2 N–H and O–H groups in total. The first-order chi connectivity index (χ1) is 10.3. The van der Waals surface area contributed by atoms with E-state index in [0.717, 1.165) is 13.1 Å². The summed E-state index contributed by atoms with van der Waals surface area (Å²) in [5.41, 5.74) is 2.82. The van der Waals surface area contributed by atoms with Crippen molar-refractivity contribution >= 4 is 21.9 Å². The van der Waals surface area contributed by atoms with E-state index in [0.29, 0.717) is 18.8 Å². The quantitative estimate of drug-likeness (QED) is 0.792. The first-order valence-corrected chi connectivity index (χ1v) is 8.29. The number of benzene rings is 1. The van der Waals surface area contributed by atoms with Crippen LogP contribution < -0.4 is 4.72 Å². The predicted octanol–water partition coefficient (Wildman–Crippen LogP) is 0.599. The summed E-state index contributed by atoms with van der Waals surface area (Å²) in [4.78, 5) is 12.9. The van der Waals surface area contributed by atoms with Gasteiger partial charge in [-0.3, -0.25) is 9.62 Å². The molecule has 2 aliphatic rings. The van der Waals surface area contributed by atoms with Gasteiger partial charge in [0.1, 0.15) is 0 Å². The summed E-state index contributed by atoms with van der Waals surface area (Å²) in [5, 5.41) is 8.84. The molecule has 0 aromatic heterocycles. The zero-order chi connectivity index (χ0) is 15.9. The van der Waals surface area contributed by atoms with Gasteiger partial charge in [-0.25, -0.2) is 4.79 Å². The normalized spacial score (nSPS) is 19.5. The molecule has 0 radical (unpaired) electrons. The molecule has 0 spiro atoms. The first kappa shape index (κ1) is 15.0. The van der Waals surface area contributed by atoms with E-state index in [9.17, 15) is 13.2 Å². The fraction of sp³-hybridized carbons (Fsp3) is 0.357. The lowest BCUT2D eigenvalue weighted by molar-refractivity contribution is 0.0697. The molecule has 0 bridgehead atoms. The molecular weight excluding hydrogens is 306 g/mol. The van der Waals surface area contributed by atoms with Gasteiger partial charge in [-0.15, -0.1) is 0 Å². The van der Waals surface area contributed by atoms with Crippen LogP contribution in [-0.2, 0) is 10.2 Å². The van der Waals surface area contributed by atoms with Crippen molar-refractivity contribution in [1.29, 1.82) is 0 Å². The largest absolute Gasteiger partial charge is 0.478 e. The monoisotopic (exact) mass is 323 g/mol. The van der Waals surface area contributed by atoms with Gasteiger partial charge in [0.25, 0.3) is 0 Å². The summed E-state index contributed by atoms with van der Waals surface area (Å²) in [7, 11) is -1.62. The number of rotatable bonds is 4. The van der Waals surface area contributed by atoms with Gasteiger partial charge in [0, 0.05) is 31.9 Å². The maximum absolute atomic E-state index is 12.4. The standard InChI is InChI=1S/C14H17N3O4S/c1-16-6-11-8-17(9-12(11)7-16)22(20,21)15-13-4-2-10(3-5-13)14(18)19/h2-5,15H,6-9H2,1H3,(H,18,19). The van der Waals surface area contributed by atoms with Gasteiger partial charge in [-0.05, 0) is 42.5 Å². The molecule has 0 fully saturated rings. The molecule has 7 nitrogen and oxygen atoms in total. The smallest absolute Gasteiger partial charge is 0.335 e. The third kappa shape index (κ3) is 2.85. The molecule has 1 aromatic rings. The van der Waals surface area contributed by atoms with E-state index in [1.807, 2.05) is 7.05 Å². The average molecular weight is 323 g/mol. The van der Waals surface area contributed by atoms with Crippen LogP contribution in [0.2, 0.25) is 0 Å². The van der Waals surface area contributed by atoms with Crippen LogP contribution in [0.1, 0.15) is 10.4 Å². The topological polar surface area (TPSA) is 90.0 Å². The van der Waals surface area contributed by atoms with Gasteiger partial charge in [0.05, 0.1) is 5.56 Å². The number of nitrogens with zero attached hydrogens (tertiary/aromatic N) is 2. The number of carbonyl (C=O) groups is 1. The van der Waals surface area contributed by atoms with Crippen molar-refractivity contribution in [1.82, 2.24) is 9.21 Å². The van der Waals surface area contributed by atoms with Gasteiger partial charge >= 0.3 is 16.2 Å². The van der Waals surface area contributed by atoms with Crippen LogP contribution in [0, 0.1) is 0 Å². The number of likely N-dealkylation sites (N-methyl/N-ethyl adjacent to an activating group) is 1. The summed E-state index contributed by atoms with van der Waals surface area (Å²) in [6, 6.07) is 5.65. The number of aromatic carboxylic acids is 1. The number of carboxylic acids is 1. The molecule has 0 unspecified atom stereocenters. The van der Waals surface area contributed by atoms with E-state index in [4.69, 9.17) is 5.11 Å². The van der Waals surface area contributed by atoms with E-state index in [2.05, 4.69) is 9.62 Å². The zero-order valence-corrected chi connectivity index (χ0v) is 12.9. The summed E-state index contributed by atoms with van der Waals surface area (Å²) in [5.74, 6) is -1.04. The highest BCUT2D eigenvalue weighted by atomic mass is 32.2. The summed E-state index contributed by atoms with van der Waals surface area (Å²) in [6.07, 6.45) is 0. The van der Waals surface area contributed by atoms with Crippen LogP contribution in [0.3, 0.4) is 0 Å². The Kier molecular flexibility index (Phi) is 3.67. The van der Waals surface area contributed by atoms with E-state index in [-0.39, 0.29) is 5.56 Å². The molecule has 1 aromatic carbocycles. The van der Waals surface area contributed by atoms with Crippen LogP contribution >= 0.6 is 0 Å². The first-order valence-electron chi connectivity index (χ1n) is 6.85. The second-order valence-corrected chi connectivity index (χ2v) is 7.31. The Morgan fingerprint density at radius 1 is 1.09 bits per heavy atom. The molecule has 0 amide bonds. The van der Waals surface area contributed by atoms with Crippen molar-refractivity contribution < 1.29 is 18.3 Å². The molecule has 2 aliphatic heterocycles. The van der Waals surface area contributed by atoms with E-state index in [1.165, 1.54) is 39.7 Å². The van der Waals surface area contributed by atoms with Gasteiger partial charge in [-0.1, -0.05) is 0 Å². The Morgan fingerprint density at radius 2 is 1.64 bits per heavy atom. The molecule has 0 atom stereocenters. The van der Waals surface area contributed by atoms with E-state index >= 15 is 0 Å². The highest BCUT2D eigenvalue weighted by Crippen LogP contribution is 2.27. The minimum Gasteiger partial charge on any atom is -0.478 e. The van der Waals surface area contributed by atoms with Crippen molar-refractivity contribution in [3.8, 4) is 0 Å². The molecule has 3 rings (SSSR count). The third-order valence-electron chi connectivity index (χ3n) is 3.87. The summed E-state index contributed by atoms with van der Waals surface area (Å²) < 4.78 is 28.7. The van der Waals surface area contributed by atoms with Crippen LogP contribution in [0.4, 0.5) is 5.69 Å². The van der Waals surface area contributed by atoms with Crippen molar-refractivity contribution in [2.24, 2.45) is 0 Å². The molecule has 8 heteroatoms. The number of hydrogen-bond acceptors (Lipinski definition) is 4. The zero-order valence-electron chi connectivity index (χ0n) is 12.1. The van der Waals surface area contributed by atoms with E-state index in [1.54, 1.807) is 0 Å². The lowest BCUT2D eigenvalue weighted by atomic mass is 10.2. The average Bonchev–Trinajstić information content (AvgIpc) is 2.96. The second kappa shape index (κ2) is 5.38. The predicted molar refractivity (Wildman–Crippen MR) is 82.0 cm³/mol. The molecule has 0 saturated heterocycles. The molecule has 0 saturated carbocycles. The van der Waals surface area contributed by atoms with Gasteiger partial charge < -0.3 is 5.11 Å². The van der Waals surface area contributed by atoms with Crippen molar-refractivity contribution in [3.05, 3.63) is 41.0 Å². The minimum absolute atomic E-state index is 0.118. The minimum atomic E-state index is -3.63. The second-order valence-electron chi connectivity index (χ2n) is 5.64. The number of carboxylic acid groups (broad SMARTS) is 1. The fourth-order valence-corrected chi connectivity index (χ4v) is 4.02. The van der Waals surface area contributed by atoms with Crippen molar-refractivity contribution in [2.75, 3.05) is 37.9 Å².